The highest BCUT2D eigenvalue weighted by atomic mass is 32.1. The molecule has 0 spiro atoms. The molecule has 0 radical (unpaired) electrons. The second-order valence-corrected chi connectivity index (χ2v) is 12.9. The monoisotopic (exact) mass is 696 g/mol. The van der Waals surface area contributed by atoms with Gasteiger partial charge in [0, 0.05) is 48.6 Å². The summed E-state index contributed by atoms with van der Waals surface area (Å²) in [6.45, 7) is 4.82. The molecule has 0 saturated heterocycles. The number of nitrogens with one attached hydrogen (secondary N) is 6. The lowest BCUT2D eigenvalue weighted by Gasteiger charge is -2.30. The number of nitrogens with two attached hydrogens (primary N) is 1. The van der Waals surface area contributed by atoms with E-state index in [1.807, 2.05) is 31.2 Å². The lowest BCUT2D eigenvalue weighted by atomic mass is 9.93. The fourth-order valence-electron chi connectivity index (χ4n) is 5.30. The number of hydrogen-bond donors (Lipinski definition) is 8. The molecule has 264 valence electrons. The molecule has 0 saturated carbocycles. The van der Waals surface area contributed by atoms with Crippen LogP contribution >= 0.6 is 11.3 Å². The van der Waals surface area contributed by atoms with Crippen molar-refractivity contribution in [2.75, 3.05) is 20.3 Å². The number of hydrogen-bond acceptors (Lipinski definition) is 10. The maximum Gasteiger partial charge on any atom is 0.251 e. The Labute approximate surface area is 287 Å². The van der Waals surface area contributed by atoms with Gasteiger partial charge in [0.05, 0.1) is 18.3 Å². The van der Waals surface area contributed by atoms with Crippen LogP contribution in [-0.4, -0.2) is 95.1 Å². The fourth-order valence-corrected chi connectivity index (χ4v) is 6.12. The summed E-state index contributed by atoms with van der Waals surface area (Å²) < 4.78 is 5.30. The van der Waals surface area contributed by atoms with Gasteiger partial charge in [-0.05, 0) is 30.5 Å². The van der Waals surface area contributed by atoms with Gasteiger partial charge in [-0.1, -0.05) is 38.5 Å². The largest absolute Gasteiger partial charge is 0.382 e. The van der Waals surface area contributed by atoms with Crippen LogP contribution in [0.1, 0.15) is 49.5 Å². The third kappa shape index (κ3) is 9.72. The molecular weight excluding hydrogens is 652 g/mol. The molecule has 1 aromatic carbocycles. The average molecular weight is 697 g/mol. The normalized spacial score (nSPS) is 26.3. The highest BCUT2D eigenvalue weighted by Gasteiger charge is 2.34. The van der Waals surface area contributed by atoms with Gasteiger partial charge < -0.3 is 47.1 Å². The zero-order valence-electron chi connectivity index (χ0n) is 27.8. The van der Waals surface area contributed by atoms with Crippen molar-refractivity contribution in [2.45, 2.75) is 69.9 Å². The third-order valence-electron chi connectivity index (χ3n) is 8.38. The zero-order valence-corrected chi connectivity index (χ0v) is 28.6. The number of amides is 5. The van der Waals surface area contributed by atoms with Crippen molar-refractivity contribution in [1.82, 2.24) is 36.6 Å². The van der Waals surface area contributed by atoms with E-state index in [1.54, 1.807) is 18.5 Å². The smallest absolute Gasteiger partial charge is 0.251 e. The quantitative estimate of drug-likeness (QED) is 0.174. The van der Waals surface area contributed by atoms with Crippen LogP contribution in [0.5, 0.6) is 0 Å². The predicted octanol–water partition coefficient (Wildman–Crippen LogP) is 0.0224. The summed E-state index contributed by atoms with van der Waals surface area (Å²) in [5.41, 5.74) is 8.15. The van der Waals surface area contributed by atoms with Crippen LogP contribution in [0.25, 0.3) is 17.0 Å². The van der Waals surface area contributed by atoms with Gasteiger partial charge in [-0.3, -0.25) is 24.0 Å². The molecule has 3 aromatic rings. The number of fused-ring (bicyclic) bond motifs is 3. The van der Waals surface area contributed by atoms with E-state index >= 15 is 0 Å². The summed E-state index contributed by atoms with van der Waals surface area (Å²) in [6.07, 6.45) is 3.50. The van der Waals surface area contributed by atoms with E-state index in [-0.39, 0.29) is 25.5 Å². The lowest BCUT2D eigenvalue weighted by Crippen LogP contribution is -2.59. The molecule has 15 nitrogen and oxygen atoms in total. The topological polar surface area (TPSA) is 230 Å². The van der Waals surface area contributed by atoms with E-state index < -0.39 is 65.8 Å². The van der Waals surface area contributed by atoms with Crippen LogP contribution < -0.4 is 32.3 Å². The number of aromatic amines is 1. The van der Waals surface area contributed by atoms with Crippen LogP contribution in [0, 0.1) is 5.92 Å². The number of methoxy groups -OCH3 is 1. The Balaban J connectivity index is 1.64. The molecule has 1 aliphatic heterocycles. The maximum absolute atomic E-state index is 13.4. The number of aliphatic hydroxyl groups is 1. The molecule has 2 bridgehead atoms. The maximum atomic E-state index is 13.4. The number of aromatic nitrogens is 2. The highest BCUT2D eigenvalue weighted by molar-refractivity contribution is 7.09. The second kappa shape index (κ2) is 17.1. The number of carbonyl (C=O) groups is 5. The van der Waals surface area contributed by atoms with Crippen molar-refractivity contribution in [3.8, 4) is 0 Å². The van der Waals surface area contributed by atoms with Crippen LogP contribution in [0.3, 0.4) is 0 Å². The Hall–Kier alpha value is -4.64. The van der Waals surface area contributed by atoms with Crippen LogP contribution in [-0.2, 0) is 35.1 Å². The number of ether oxygens (including phenoxy) is 1. The van der Waals surface area contributed by atoms with Gasteiger partial charge in [0.2, 0.25) is 23.6 Å². The van der Waals surface area contributed by atoms with Crippen molar-refractivity contribution in [1.29, 1.82) is 0 Å². The van der Waals surface area contributed by atoms with Crippen molar-refractivity contribution >= 4 is 57.9 Å². The minimum absolute atomic E-state index is 0.0317. The number of thiazole rings is 1. The lowest BCUT2D eigenvalue weighted by molar-refractivity contribution is -0.136. The summed E-state index contributed by atoms with van der Waals surface area (Å²) in [7, 11) is 1.45. The first-order valence-corrected chi connectivity index (χ1v) is 16.9. The van der Waals surface area contributed by atoms with Gasteiger partial charge in [-0.15, -0.1) is 11.3 Å². The number of nitrogens with zero attached hydrogens (tertiary/aromatic N) is 1. The van der Waals surface area contributed by atoms with Gasteiger partial charge in [-0.25, -0.2) is 4.98 Å². The Bertz CT molecular complexity index is 1670. The number of para-hydroxylation sites is 1. The van der Waals surface area contributed by atoms with E-state index in [9.17, 15) is 29.1 Å². The van der Waals surface area contributed by atoms with Crippen molar-refractivity contribution < 1.29 is 33.8 Å². The molecule has 7 atom stereocenters. The molecule has 1 aliphatic rings. The number of carbonyl (C=O) groups excluding carboxylic acids is 5. The molecule has 0 aliphatic carbocycles. The predicted molar refractivity (Wildman–Crippen MR) is 184 cm³/mol. The molecule has 16 heteroatoms. The molecule has 3 heterocycles. The molecular formula is C33H44N8O7S. The number of aliphatic hydroxyl groups excluding tert-OH is 1. The molecule has 4 rings (SSSR count). The van der Waals surface area contributed by atoms with E-state index in [2.05, 4.69) is 36.6 Å². The molecule has 49 heavy (non-hydrogen) atoms. The van der Waals surface area contributed by atoms with Gasteiger partial charge in [0.15, 0.2) is 6.10 Å². The molecule has 0 unspecified atom stereocenters. The van der Waals surface area contributed by atoms with Crippen LogP contribution in [0.2, 0.25) is 0 Å². The summed E-state index contributed by atoms with van der Waals surface area (Å²) in [6, 6.07) is 2.44. The second-order valence-electron chi connectivity index (χ2n) is 12.0. The van der Waals surface area contributed by atoms with E-state index in [4.69, 9.17) is 10.5 Å². The third-order valence-corrected chi connectivity index (χ3v) is 9.36. The Kier molecular flexibility index (Phi) is 13.0. The minimum atomic E-state index is -1.64. The number of rotatable bonds is 6. The van der Waals surface area contributed by atoms with Crippen LogP contribution in [0.15, 0.2) is 41.9 Å². The Morgan fingerprint density at radius 3 is 2.49 bits per heavy atom. The van der Waals surface area contributed by atoms with E-state index in [0.29, 0.717) is 17.1 Å². The Morgan fingerprint density at radius 2 is 1.76 bits per heavy atom. The van der Waals surface area contributed by atoms with Gasteiger partial charge in [0.1, 0.15) is 29.2 Å². The summed E-state index contributed by atoms with van der Waals surface area (Å²) in [4.78, 5) is 73.6. The van der Waals surface area contributed by atoms with Crippen molar-refractivity contribution in [3.63, 3.8) is 0 Å². The number of H-pyrrole nitrogens is 1. The average Bonchev–Trinajstić information content (AvgIpc) is 3.74. The summed E-state index contributed by atoms with van der Waals surface area (Å²) >= 11 is 1.22. The number of benzene rings is 1. The first-order chi connectivity index (χ1) is 23.4. The first kappa shape index (κ1) is 37.2. The van der Waals surface area contributed by atoms with Crippen molar-refractivity contribution in [3.05, 3.63) is 58.2 Å². The minimum Gasteiger partial charge on any atom is -0.382 e. The molecule has 5 amide bonds. The summed E-state index contributed by atoms with van der Waals surface area (Å²) in [5, 5.41) is 27.4. The zero-order chi connectivity index (χ0) is 35.7. The summed E-state index contributed by atoms with van der Waals surface area (Å²) in [5.74, 6) is -3.57. The molecule has 0 fully saturated rings. The van der Waals surface area contributed by atoms with Crippen LogP contribution in [0.4, 0.5) is 0 Å². The van der Waals surface area contributed by atoms with Gasteiger partial charge in [-0.2, -0.15) is 0 Å². The van der Waals surface area contributed by atoms with E-state index in [0.717, 1.165) is 16.5 Å². The molecule has 9 N–H and O–H groups in total. The SMILES string of the molecule is CC[C@H](C)[C@@H]1NC(=O)[C@H](C)NC(=O)[C@@H](N)CNC(=O)[C@H](Cc2c[nH]c3ccccc23)NC(=O)/C=C/c2csc(n2)[C@H](COC)NC(=O)[C@@H]1O. The first-order valence-electron chi connectivity index (χ1n) is 16.0. The van der Waals surface area contributed by atoms with Gasteiger partial charge >= 0.3 is 0 Å². The van der Waals surface area contributed by atoms with Gasteiger partial charge in [0.25, 0.3) is 5.91 Å². The standard InChI is InChI=1S/C33H44N8O7S/c1-5-17(2)27-28(43)32(47)40-25(15-48-4)33-38-20(16-49-33)10-11-26(42)39-24(12-19-13-35-23-9-7-6-8-21(19)23)31(46)36-14-22(34)30(45)37-18(3)29(44)41-27/h6-11,13,16-18,22,24-25,27-28,35,43H,5,12,14-15,34H2,1-4H3,(H,36,46)(H,37,45)(H,39,42)(H,40,47)(H,41,44)/b11-10+/t17-,18-,22-,24-,25-,27-,28+/m0/s1. The Morgan fingerprint density at radius 1 is 1.00 bits per heavy atom. The fraction of sp³-hybridized carbons (Fsp3) is 0.455. The highest BCUT2D eigenvalue weighted by Crippen LogP contribution is 2.22. The molecule has 2 aromatic heterocycles. The van der Waals surface area contributed by atoms with Crippen molar-refractivity contribution in [2.24, 2.45) is 11.7 Å². The van der Waals surface area contributed by atoms with E-state index in [1.165, 1.54) is 37.5 Å².